The van der Waals surface area contributed by atoms with Crippen LogP contribution in [0.15, 0.2) is 59.4 Å². The van der Waals surface area contributed by atoms with Crippen LogP contribution < -0.4 is 5.73 Å². The number of hydrogen-bond donors (Lipinski definition) is 1. The first kappa shape index (κ1) is 10.6. The second-order valence-electron chi connectivity index (χ2n) is 4.13. The maximum atomic E-state index is 12.2. The normalized spacial score (nSPS) is 10.7. The summed E-state index contributed by atoms with van der Waals surface area (Å²) in [5, 5.41) is 2.03. The Balaban J connectivity index is 2.17. The fourth-order valence-electron chi connectivity index (χ4n) is 2.00. The molecule has 0 spiro atoms. The highest BCUT2D eigenvalue weighted by molar-refractivity contribution is 6.14. The molecule has 3 heteroatoms. The summed E-state index contributed by atoms with van der Waals surface area (Å²) in [4.78, 5) is 12.2. The highest BCUT2D eigenvalue weighted by Crippen LogP contribution is 2.24. The van der Waals surface area contributed by atoms with Gasteiger partial charge in [0.05, 0.1) is 11.8 Å². The van der Waals surface area contributed by atoms with E-state index in [2.05, 4.69) is 0 Å². The van der Waals surface area contributed by atoms with Crippen LogP contribution in [-0.4, -0.2) is 5.78 Å². The van der Waals surface area contributed by atoms with Gasteiger partial charge in [-0.1, -0.05) is 24.3 Å². The van der Waals surface area contributed by atoms with Gasteiger partial charge < -0.3 is 10.2 Å². The Morgan fingerprint density at radius 1 is 1.06 bits per heavy atom. The lowest BCUT2D eigenvalue weighted by atomic mass is 10.00. The van der Waals surface area contributed by atoms with Crippen LogP contribution in [0.5, 0.6) is 0 Å². The lowest BCUT2D eigenvalue weighted by Gasteiger charge is -2.06. The van der Waals surface area contributed by atoms with Crippen LogP contribution in [-0.2, 0) is 0 Å². The van der Waals surface area contributed by atoms with Gasteiger partial charge in [-0.2, -0.15) is 0 Å². The van der Waals surface area contributed by atoms with Crippen LogP contribution in [0.25, 0.3) is 10.8 Å². The summed E-state index contributed by atoms with van der Waals surface area (Å²) in [5.41, 5.74) is 7.45. The number of benzene rings is 2. The summed E-state index contributed by atoms with van der Waals surface area (Å²) in [7, 11) is 0. The molecule has 0 unspecified atom stereocenters. The second kappa shape index (κ2) is 4.04. The summed E-state index contributed by atoms with van der Waals surface area (Å²) in [6.07, 6.45) is 2.90. The number of anilines is 1. The maximum absolute atomic E-state index is 12.2. The minimum Gasteiger partial charge on any atom is -0.472 e. The molecular weight excluding hydrogens is 226 g/mol. The Morgan fingerprint density at radius 3 is 2.44 bits per heavy atom. The number of furan rings is 1. The Kier molecular flexibility index (Phi) is 2.38. The Hall–Kier alpha value is -2.55. The zero-order chi connectivity index (χ0) is 12.5. The van der Waals surface area contributed by atoms with E-state index in [9.17, 15) is 4.79 Å². The topological polar surface area (TPSA) is 56.2 Å². The van der Waals surface area contributed by atoms with Gasteiger partial charge in [0.25, 0.3) is 0 Å². The van der Waals surface area contributed by atoms with Crippen molar-refractivity contribution in [1.29, 1.82) is 0 Å². The highest BCUT2D eigenvalue weighted by atomic mass is 16.3. The van der Waals surface area contributed by atoms with E-state index in [4.69, 9.17) is 10.2 Å². The maximum Gasteiger partial charge on any atom is 0.198 e. The molecule has 3 rings (SSSR count). The molecule has 1 heterocycles. The molecule has 88 valence electrons. The summed E-state index contributed by atoms with van der Waals surface area (Å²) >= 11 is 0. The summed E-state index contributed by atoms with van der Waals surface area (Å²) in [6, 6.07) is 13.1. The fourth-order valence-corrected chi connectivity index (χ4v) is 2.00. The molecule has 0 aliphatic rings. The number of fused-ring (bicyclic) bond motifs is 1. The predicted octanol–water partition coefficient (Wildman–Crippen LogP) is 3.25. The third kappa shape index (κ3) is 1.66. The minimum absolute atomic E-state index is 0.119. The third-order valence-corrected chi connectivity index (χ3v) is 2.95. The van der Waals surface area contributed by atoms with Gasteiger partial charge in [0.1, 0.15) is 6.26 Å². The fraction of sp³-hybridized carbons (Fsp3) is 0. The average molecular weight is 237 g/mol. The largest absolute Gasteiger partial charge is 0.472 e. The van der Waals surface area contributed by atoms with Gasteiger partial charge in [0.15, 0.2) is 5.78 Å². The number of nitrogens with two attached hydrogens (primary N) is 1. The average Bonchev–Trinajstić information content (AvgIpc) is 2.91. The SMILES string of the molecule is Nc1cc2ccccc2cc1C(=O)c1ccoc1. The van der Waals surface area contributed by atoms with E-state index >= 15 is 0 Å². The molecule has 0 saturated heterocycles. The van der Waals surface area contributed by atoms with E-state index in [1.807, 2.05) is 36.4 Å². The Bertz CT molecular complexity index is 714. The molecule has 0 aliphatic carbocycles. The molecule has 0 fully saturated rings. The van der Waals surface area contributed by atoms with E-state index in [1.54, 1.807) is 6.07 Å². The van der Waals surface area contributed by atoms with E-state index in [1.165, 1.54) is 12.5 Å². The zero-order valence-electron chi connectivity index (χ0n) is 9.59. The summed E-state index contributed by atoms with van der Waals surface area (Å²) in [5.74, 6) is -0.119. The summed E-state index contributed by atoms with van der Waals surface area (Å²) < 4.78 is 4.92. The molecule has 2 aromatic carbocycles. The van der Waals surface area contributed by atoms with E-state index < -0.39 is 0 Å². The molecule has 0 bridgehead atoms. The number of carbonyl (C=O) groups is 1. The predicted molar refractivity (Wildman–Crippen MR) is 70.5 cm³/mol. The standard InChI is InChI=1S/C15H11NO2/c16-14-8-11-4-2-1-3-10(11)7-13(14)15(17)12-5-6-18-9-12/h1-9H,16H2. The van der Waals surface area contributed by atoms with Crippen LogP contribution in [0.3, 0.4) is 0 Å². The number of ketones is 1. The van der Waals surface area contributed by atoms with Crippen molar-refractivity contribution in [1.82, 2.24) is 0 Å². The lowest BCUT2D eigenvalue weighted by Crippen LogP contribution is -2.04. The zero-order valence-corrected chi connectivity index (χ0v) is 9.59. The smallest absolute Gasteiger partial charge is 0.198 e. The number of rotatable bonds is 2. The molecule has 2 N–H and O–H groups in total. The first-order chi connectivity index (χ1) is 8.75. The van der Waals surface area contributed by atoms with Crippen molar-refractivity contribution in [3.63, 3.8) is 0 Å². The molecule has 0 radical (unpaired) electrons. The van der Waals surface area contributed by atoms with Crippen LogP contribution in [0.2, 0.25) is 0 Å². The molecule has 0 saturated carbocycles. The third-order valence-electron chi connectivity index (χ3n) is 2.95. The molecule has 1 aromatic heterocycles. The van der Waals surface area contributed by atoms with Crippen LogP contribution in [0.4, 0.5) is 5.69 Å². The number of nitrogen functional groups attached to an aromatic ring is 1. The Labute approximate surface area is 104 Å². The molecule has 0 atom stereocenters. The first-order valence-corrected chi connectivity index (χ1v) is 5.61. The van der Waals surface area contributed by atoms with Gasteiger partial charge >= 0.3 is 0 Å². The van der Waals surface area contributed by atoms with E-state index in [0.29, 0.717) is 16.8 Å². The molecule has 18 heavy (non-hydrogen) atoms. The van der Waals surface area contributed by atoms with Gasteiger partial charge in [-0.15, -0.1) is 0 Å². The first-order valence-electron chi connectivity index (χ1n) is 5.61. The van der Waals surface area contributed by atoms with Gasteiger partial charge in [-0.3, -0.25) is 4.79 Å². The second-order valence-corrected chi connectivity index (χ2v) is 4.13. The number of hydrogen-bond acceptors (Lipinski definition) is 3. The van der Waals surface area contributed by atoms with Crippen LogP contribution >= 0.6 is 0 Å². The van der Waals surface area contributed by atoms with Crippen molar-refractivity contribution in [2.45, 2.75) is 0 Å². The van der Waals surface area contributed by atoms with Gasteiger partial charge in [0, 0.05) is 11.3 Å². The minimum atomic E-state index is -0.119. The monoisotopic (exact) mass is 237 g/mol. The molecule has 3 aromatic rings. The van der Waals surface area contributed by atoms with Gasteiger partial charge in [0.2, 0.25) is 0 Å². The Morgan fingerprint density at radius 2 is 1.78 bits per heavy atom. The van der Waals surface area contributed by atoms with Crippen LogP contribution in [0, 0.1) is 0 Å². The van der Waals surface area contributed by atoms with Crippen molar-refractivity contribution >= 4 is 22.2 Å². The highest BCUT2D eigenvalue weighted by Gasteiger charge is 2.14. The van der Waals surface area contributed by atoms with Crippen molar-refractivity contribution in [2.75, 3.05) is 5.73 Å². The van der Waals surface area contributed by atoms with Crippen molar-refractivity contribution in [2.24, 2.45) is 0 Å². The molecular formula is C15H11NO2. The van der Waals surface area contributed by atoms with Crippen LogP contribution in [0.1, 0.15) is 15.9 Å². The lowest BCUT2D eigenvalue weighted by molar-refractivity contribution is 0.103. The van der Waals surface area contributed by atoms with Crippen molar-refractivity contribution in [3.05, 3.63) is 66.1 Å². The van der Waals surface area contributed by atoms with E-state index in [-0.39, 0.29) is 5.78 Å². The van der Waals surface area contributed by atoms with E-state index in [0.717, 1.165) is 10.8 Å². The number of carbonyl (C=O) groups excluding carboxylic acids is 1. The quantitative estimate of drug-likeness (QED) is 0.549. The summed E-state index contributed by atoms with van der Waals surface area (Å²) in [6.45, 7) is 0. The van der Waals surface area contributed by atoms with Gasteiger partial charge in [-0.25, -0.2) is 0 Å². The van der Waals surface area contributed by atoms with Crippen molar-refractivity contribution in [3.8, 4) is 0 Å². The molecule has 3 nitrogen and oxygen atoms in total. The van der Waals surface area contributed by atoms with Gasteiger partial charge in [-0.05, 0) is 29.0 Å². The molecule has 0 aliphatic heterocycles. The van der Waals surface area contributed by atoms with Crippen molar-refractivity contribution < 1.29 is 9.21 Å². The molecule has 0 amide bonds.